The molecule has 0 amide bonds. The van der Waals surface area contributed by atoms with E-state index in [1.54, 1.807) is 30.3 Å². The van der Waals surface area contributed by atoms with Crippen molar-refractivity contribution in [2.24, 2.45) is 0 Å². The number of ketones is 1. The van der Waals surface area contributed by atoms with E-state index in [9.17, 15) is 13.6 Å². The lowest BCUT2D eigenvalue weighted by Gasteiger charge is -2.17. The smallest absolute Gasteiger partial charge is 0.192 e. The van der Waals surface area contributed by atoms with Gasteiger partial charge in [-0.1, -0.05) is 36.4 Å². The number of hydrogen-bond donors (Lipinski definition) is 0. The summed E-state index contributed by atoms with van der Waals surface area (Å²) in [5.74, 6) is -1.85. The van der Waals surface area contributed by atoms with E-state index in [1.165, 1.54) is 23.4 Å². The second kappa shape index (κ2) is 5.85. The van der Waals surface area contributed by atoms with E-state index in [0.29, 0.717) is 5.56 Å². The molecular formula is C16H11F2N3O. The van der Waals surface area contributed by atoms with Crippen LogP contribution in [0.15, 0.2) is 61.2 Å². The molecule has 2 aromatic carbocycles. The van der Waals surface area contributed by atoms with Gasteiger partial charge in [0, 0.05) is 17.2 Å². The van der Waals surface area contributed by atoms with Crippen molar-refractivity contribution in [3.8, 4) is 0 Å². The Morgan fingerprint density at radius 3 is 2.50 bits per heavy atom. The van der Waals surface area contributed by atoms with Crippen LogP contribution in [0.4, 0.5) is 8.78 Å². The standard InChI is InChI=1S/C16H11F2N3O/c17-12-6-7-13(14(18)8-12)15(21-10-19-9-20-21)16(22)11-4-2-1-3-5-11/h1-10,15H. The van der Waals surface area contributed by atoms with Crippen molar-refractivity contribution in [1.29, 1.82) is 0 Å². The SMILES string of the molecule is O=C(c1ccccc1)C(c1ccc(F)cc1F)n1cncn1. The van der Waals surface area contributed by atoms with Gasteiger partial charge in [0.1, 0.15) is 30.3 Å². The van der Waals surface area contributed by atoms with Crippen molar-refractivity contribution >= 4 is 5.78 Å². The van der Waals surface area contributed by atoms with Gasteiger partial charge in [-0.3, -0.25) is 4.79 Å². The van der Waals surface area contributed by atoms with Gasteiger partial charge in [0.2, 0.25) is 0 Å². The van der Waals surface area contributed by atoms with Crippen molar-refractivity contribution < 1.29 is 13.6 Å². The van der Waals surface area contributed by atoms with Crippen LogP contribution >= 0.6 is 0 Å². The van der Waals surface area contributed by atoms with Crippen LogP contribution in [0.1, 0.15) is 22.0 Å². The van der Waals surface area contributed by atoms with Gasteiger partial charge in [0.25, 0.3) is 0 Å². The molecule has 0 bridgehead atoms. The maximum absolute atomic E-state index is 14.1. The number of carbonyl (C=O) groups is 1. The maximum atomic E-state index is 14.1. The highest BCUT2D eigenvalue weighted by Gasteiger charge is 2.27. The lowest BCUT2D eigenvalue weighted by atomic mass is 9.97. The summed E-state index contributed by atoms with van der Waals surface area (Å²) in [4.78, 5) is 16.5. The Kier molecular flexibility index (Phi) is 3.74. The van der Waals surface area contributed by atoms with E-state index < -0.39 is 17.7 Å². The third-order valence-corrected chi connectivity index (χ3v) is 3.26. The molecule has 0 aliphatic carbocycles. The molecule has 0 N–H and O–H groups in total. The predicted octanol–water partition coefficient (Wildman–Crippen LogP) is 3.03. The number of hydrogen-bond acceptors (Lipinski definition) is 3. The van der Waals surface area contributed by atoms with Crippen molar-refractivity contribution in [3.63, 3.8) is 0 Å². The van der Waals surface area contributed by atoms with Gasteiger partial charge < -0.3 is 0 Å². The summed E-state index contributed by atoms with van der Waals surface area (Å²) in [6.07, 6.45) is 2.58. The third kappa shape index (κ3) is 2.63. The van der Waals surface area contributed by atoms with Crippen molar-refractivity contribution in [2.75, 3.05) is 0 Å². The van der Waals surface area contributed by atoms with Crippen LogP contribution < -0.4 is 0 Å². The van der Waals surface area contributed by atoms with Crippen LogP contribution in [-0.4, -0.2) is 20.5 Å². The molecule has 0 aliphatic heterocycles. The second-order valence-electron chi connectivity index (χ2n) is 4.67. The molecule has 22 heavy (non-hydrogen) atoms. The Balaban J connectivity index is 2.11. The lowest BCUT2D eigenvalue weighted by Crippen LogP contribution is -2.22. The Morgan fingerprint density at radius 1 is 1.09 bits per heavy atom. The molecule has 3 aromatic rings. The van der Waals surface area contributed by atoms with Gasteiger partial charge in [-0.05, 0) is 6.07 Å². The molecule has 3 rings (SSSR count). The average Bonchev–Trinajstić information content (AvgIpc) is 3.04. The Hall–Kier alpha value is -2.89. The minimum absolute atomic E-state index is 0.0424. The van der Waals surface area contributed by atoms with Crippen molar-refractivity contribution in [3.05, 3.63) is 83.9 Å². The Labute approximate surface area is 125 Å². The van der Waals surface area contributed by atoms with Crippen LogP contribution in [0.3, 0.4) is 0 Å². The van der Waals surface area contributed by atoms with Gasteiger partial charge in [0.15, 0.2) is 5.78 Å². The normalized spacial score (nSPS) is 12.1. The van der Waals surface area contributed by atoms with Crippen LogP contribution in [0, 0.1) is 11.6 Å². The van der Waals surface area contributed by atoms with Crippen LogP contribution in [0.2, 0.25) is 0 Å². The summed E-state index contributed by atoms with van der Waals surface area (Å²) in [5, 5.41) is 3.93. The van der Waals surface area contributed by atoms with E-state index in [4.69, 9.17) is 0 Å². The highest BCUT2D eigenvalue weighted by atomic mass is 19.1. The zero-order valence-electron chi connectivity index (χ0n) is 11.4. The molecule has 0 saturated heterocycles. The highest BCUT2D eigenvalue weighted by Crippen LogP contribution is 2.25. The zero-order valence-corrected chi connectivity index (χ0v) is 11.4. The molecule has 1 atom stereocenters. The molecule has 0 saturated carbocycles. The van der Waals surface area contributed by atoms with Gasteiger partial charge in [-0.2, -0.15) is 5.10 Å². The summed E-state index contributed by atoms with van der Waals surface area (Å²) in [5.41, 5.74) is 0.451. The molecular weight excluding hydrogens is 288 g/mol. The zero-order chi connectivity index (χ0) is 15.5. The molecule has 4 nitrogen and oxygen atoms in total. The molecule has 1 unspecified atom stereocenters. The average molecular weight is 299 g/mol. The molecule has 0 radical (unpaired) electrons. The van der Waals surface area contributed by atoms with Gasteiger partial charge >= 0.3 is 0 Å². The van der Waals surface area contributed by atoms with E-state index in [0.717, 1.165) is 12.1 Å². The number of halogens is 2. The molecule has 110 valence electrons. The first-order valence-corrected chi connectivity index (χ1v) is 6.55. The molecule has 1 aromatic heterocycles. The largest absolute Gasteiger partial charge is 0.291 e. The van der Waals surface area contributed by atoms with E-state index in [-0.39, 0.29) is 11.3 Å². The Morgan fingerprint density at radius 2 is 1.86 bits per heavy atom. The van der Waals surface area contributed by atoms with Gasteiger partial charge in [-0.25, -0.2) is 18.4 Å². The molecule has 0 aliphatic rings. The fraction of sp³-hybridized carbons (Fsp3) is 0.0625. The maximum Gasteiger partial charge on any atom is 0.192 e. The minimum Gasteiger partial charge on any atom is -0.291 e. The van der Waals surface area contributed by atoms with E-state index in [1.807, 2.05) is 0 Å². The number of benzene rings is 2. The minimum atomic E-state index is -1.04. The molecule has 0 fully saturated rings. The number of aromatic nitrogens is 3. The number of Topliss-reactive ketones (excluding diaryl/α,β-unsaturated/α-hetero) is 1. The molecule has 0 spiro atoms. The lowest BCUT2D eigenvalue weighted by molar-refractivity contribution is 0.0937. The Bertz CT molecular complexity index is 788. The van der Waals surface area contributed by atoms with Gasteiger partial charge in [-0.15, -0.1) is 0 Å². The number of rotatable bonds is 4. The third-order valence-electron chi connectivity index (χ3n) is 3.26. The first-order chi connectivity index (χ1) is 10.7. The summed E-state index contributed by atoms with van der Waals surface area (Å²) in [7, 11) is 0. The van der Waals surface area contributed by atoms with Crippen LogP contribution in [0.5, 0.6) is 0 Å². The van der Waals surface area contributed by atoms with Crippen molar-refractivity contribution in [2.45, 2.75) is 6.04 Å². The first kappa shape index (κ1) is 14.1. The fourth-order valence-corrected chi connectivity index (χ4v) is 2.24. The number of carbonyl (C=O) groups excluding carboxylic acids is 1. The molecule has 1 heterocycles. The monoisotopic (exact) mass is 299 g/mol. The predicted molar refractivity (Wildman–Crippen MR) is 75.3 cm³/mol. The highest BCUT2D eigenvalue weighted by molar-refractivity contribution is 6.00. The number of nitrogens with zero attached hydrogens (tertiary/aromatic N) is 3. The van der Waals surface area contributed by atoms with Gasteiger partial charge in [0.05, 0.1) is 0 Å². The molecule has 6 heteroatoms. The summed E-state index contributed by atoms with van der Waals surface area (Å²) in [6.45, 7) is 0. The van der Waals surface area contributed by atoms with E-state index in [2.05, 4.69) is 10.1 Å². The first-order valence-electron chi connectivity index (χ1n) is 6.55. The van der Waals surface area contributed by atoms with Crippen molar-refractivity contribution in [1.82, 2.24) is 14.8 Å². The van der Waals surface area contributed by atoms with Crippen LogP contribution in [0.25, 0.3) is 0 Å². The van der Waals surface area contributed by atoms with E-state index >= 15 is 0 Å². The second-order valence-corrected chi connectivity index (χ2v) is 4.67. The quantitative estimate of drug-likeness (QED) is 0.696. The topological polar surface area (TPSA) is 47.8 Å². The summed E-state index contributed by atoms with van der Waals surface area (Å²) < 4.78 is 28.5. The fourth-order valence-electron chi connectivity index (χ4n) is 2.24. The van der Waals surface area contributed by atoms with Crippen LogP contribution in [-0.2, 0) is 0 Å². The summed E-state index contributed by atoms with van der Waals surface area (Å²) in [6, 6.07) is 10.5. The summed E-state index contributed by atoms with van der Waals surface area (Å²) >= 11 is 0.